The molecule has 0 unspecified atom stereocenters. The Morgan fingerprint density at radius 2 is 1.09 bits per heavy atom. The fourth-order valence-electron chi connectivity index (χ4n) is 0.571. The van der Waals surface area contributed by atoms with Crippen molar-refractivity contribution in [2.45, 2.75) is 37.0 Å². The van der Waals surface area contributed by atoms with Crippen LogP contribution in [0.4, 0.5) is 0 Å². The van der Waals surface area contributed by atoms with E-state index in [-0.39, 0.29) is 0 Å². The van der Waals surface area contributed by atoms with Gasteiger partial charge in [0.05, 0.1) is 0 Å². The summed E-state index contributed by atoms with van der Waals surface area (Å²) in [5.74, 6) is -2.94. The van der Waals surface area contributed by atoms with Crippen LogP contribution in [0.25, 0.3) is 0 Å². The van der Waals surface area contributed by atoms with Crippen molar-refractivity contribution >= 4 is 40.4 Å². The zero-order valence-corrected chi connectivity index (χ0v) is 16.3. The van der Waals surface area contributed by atoms with Crippen molar-refractivity contribution < 1.29 is 29.7 Å². The number of unbranched alkanes of at least 4 members (excludes halogenated alkanes) is 3. The van der Waals surface area contributed by atoms with Gasteiger partial charge in [-0.25, -0.2) is 14.4 Å². The summed E-state index contributed by atoms with van der Waals surface area (Å²) in [5.41, 5.74) is 0. The summed E-state index contributed by atoms with van der Waals surface area (Å²) >= 11 is 1.46. The van der Waals surface area contributed by atoms with Crippen molar-refractivity contribution in [2.75, 3.05) is 0 Å². The molecule has 0 bridgehead atoms. The first-order valence-corrected chi connectivity index (χ1v) is 8.82. The third-order valence-corrected chi connectivity index (χ3v) is 2.75. The van der Waals surface area contributed by atoms with Crippen molar-refractivity contribution in [1.82, 2.24) is 0 Å². The molecule has 0 aromatic heterocycles. The molecule has 0 aliphatic rings. The first-order valence-electron chi connectivity index (χ1n) is 6.49. The van der Waals surface area contributed by atoms with Crippen LogP contribution in [-0.4, -0.2) is 55.8 Å². The van der Waals surface area contributed by atoms with E-state index in [2.05, 4.69) is 26.7 Å². The second-order valence-corrected chi connectivity index (χ2v) is 5.12. The molecular formula is C15H26O6Sn. The summed E-state index contributed by atoms with van der Waals surface area (Å²) in [7, 11) is 0. The zero-order chi connectivity index (χ0) is 18.4. The van der Waals surface area contributed by atoms with E-state index in [9.17, 15) is 14.4 Å². The van der Waals surface area contributed by atoms with Crippen molar-refractivity contribution in [3.05, 3.63) is 38.0 Å². The first-order chi connectivity index (χ1) is 10.2. The quantitative estimate of drug-likeness (QED) is 0.331. The Morgan fingerprint density at radius 3 is 1.23 bits per heavy atom. The van der Waals surface area contributed by atoms with Crippen molar-refractivity contribution in [2.24, 2.45) is 0 Å². The molecule has 0 rings (SSSR count). The summed E-state index contributed by atoms with van der Waals surface area (Å²) in [5, 5.41) is 22.8. The maximum absolute atomic E-state index is 9.25. The topological polar surface area (TPSA) is 112 Å². The Kier molecular flexibility index (Phi) is 36.0. The summed E-state index contributed by atoms with van der Waals surface area (Å²) in [4.78, 5) is 27.8. The standard InChI is InChI=1S/C6H13.3C3H4O2.Sn.H/c1-3-5-6-4-2;3*1-2-3(4)5;;/h1,3-6H2,2H3;3*2H,1H2,(H,4,5);;. The van der Waals surface area contributed by atoms with Crippen molar-refractivity contribution in [3.8, 4) is 0 Å². The minimum atomic E-state index is -0.981. The predicted octanol–water partition coefficient (Wildman–Crippen LogP) is 2.66. The van der Waals surface area contributed by atoms with Gasteiger partial charge in [0, 0.05) is 18.2 Å². The average Bonchev–Trinajstić information content (AvgIpc) is 2.49. The molecule has 0 aromatic carbocycles. The van der Waals surface area contributed by atoms with Gasteiger partial charge in [0.15, 0.2) is 0 Å². The number of rotatable bonds is 7. The predicted molar refractivity (Wildman–Crippen MR) is 89.6 cm³/mol. The molecule has 7 heteroatoms. The van der Waals surface area contributed by atoms with E-state index in [1.165, 1.54) is 52.6 Å². The third kappa shape index (κ3) is 78.8. The summed E-state index contributed by atoms with van der Waals surface area (Å²) in [6, 6.07) is 0. The Labute approximate surface area is 145 Å². The SMILES string of the molecule is C=CC(=O)O.C=CC(=O)O.C=CC(=O)O.CCCCC[CH2][SnH]. The number of carbonyl (C=O) groups is 3. The van der Waals surface area contributed by atoms with Crippen LogP contribution >= 0.6 is 0 Å². The Bertz CT molecular complexity index is 279. The zero-order valence-electron chi connectivity index (χ0n) is 13.0. The molecule has 2 radical (unpaired) electrons. The fraction of sp³-hybridized carbons (Fsp3) is 0.400. The van der Waals surface area contributed by atoms with Gasteiger partial charge in [-0.05, 0) is 0 Å². The molecule has 0 heterocycles. The molecular weight excluding hydrogens is 395 g/mol. The Morgan fingerprint density at radius 1 is 0.818 bits per heavy atom. The van der Waals surface area contributed by atoms with E-state index in [1.54, 1.807) is 0 Å². The summed E-state index contributed by atoms with van der Waals surface area (Å²) in [6.45, 7) is 11.1. The number of hydrogen-bond acceptors (Lipinski definition) is 3. The van der Waals surface area contributed by atoms with Gasteiger partial charge in [0.25, 0.3) is 0 Å². The van der Waals surface area contributed by atoms with Gasteiger partial charge in [-0.1, -0.05) is 19.7 Å². The van der Waals surface area contributed by atoms with E-state index in [0.29, 0.717) is 0 Å². The molecule has 22 heavy (non-hydrogen) atoms. The van der Waals surface area contributed by atoms with Crippen LogP contribution < -0.4 is 0 Å². The Hall–Kier alpha value is -1.57. The second-order valence-electron chi connectivity index (χ2n) is 3.48. The molecule has 0 saturated heterocycles. The van der Waals surface area contributed by atoms with E-state index in [0.717, 1.165) is 18.2 Å². The second kappa shape index (κ2) is 27.7. The van der Waals surface area contributed by atoms with Crippen LogP contribution in [-0.2, 0) is 14.4 Å². The van der Waals surface area contributed by atoms with Crippen molar-refractivity contribution in [3.63, 3.8) is 0 Å². The van der Waals surface area contributed by atoms with E-state index in [1.807, 2.05) is 0 Å². The average molecular weight is 421 g/mol. The van der Waals surface area contributed by atoms with Gasteiger partial charge in [-0.3, -0.25) is 0 Å². The van der Waals surface area contributed by atoms with Crippen LogP contribution in [0.15, 0.2) is 38.0 Å². The van der Waals surface area contributed by atoms with E-state index < -0.39 is 17.9 Å². The van der Waals surface area contributed by atoms with Gasteiger partial charge < -0.3 is 15.3 Å². The summed E-state index contributed by atoms with van der Waals surface area (Å²) < 4.78 is 1.49. The van der Waals surface area contributed by atoms with Gasteiger partial charge in [0.1, 0.15) is 0 Å². The van der Waals surface area contributed by atoms with E-state index >= 15 is 0 Å². The van der Waals surface area contributed by atoms with Gasteiger partial charge in [0.2, 0.25) is 0 Å². The van der Waals surface area contributed by atoms with Gasteiger partial charge in [-0.15, -0.1) is 0 Å². The Balaban J connectivity index is -0.0000000995. The monoisotopic (exact) mass is 422 g/mol. The summed E-state index contributed by atoms with van der Waals surface area (Å²) in [6.07, 6.45) is 8.27. The molecule has 0 atom stereocenters. The van der Waals surface area contributed by atoms with Crippen LogP contribution in [0.1, 0.15) is 32.6 Å². The number of carboxylic acids is 3. The molecule has 0 aliphatic heterocycles. The maximum atomic E-state index is 9.25. The van der Waals surface area contributed by atoms with Crippen molar-refractivity contribution in [1.29, 1.82) is 0 Å². The van der Waals surface area contributed by atoms with Gasteiger partial charge in [-0.2, -0.15) is 0 Å². The van der Waals surface area contributed by atoms with Crippen LogP contribution in [0, 0.1) is 0 Å². The molecule has 3 N–H and O–H groups in total. The molecule has 0 fully saturated rings. The van der Waals surface area contributed by atoms with Crippen LogP contribution in [0.5, 0.6) is 0 Å². The normalized spacial score (nSPS) is 7.36. The number of hydrogen-bond donors (Lipinski definition) is 3. The molecule has 0 spiro atoms. The number of aliphatic carboxylic acids is 3. The fourth-order valence-corrected chi connectivity index (χ4v) is 1.40. The minimum absolute atomic E-state index is 0.833. The molecule has 0 amide bonds. The molecule has 0 aliphatic carbocycles. The van der Waals surface area contributed by atoms with Crippen LogP contribution in [0.2, 0.25) is 4.44 Å². The molecule has 126 valence electrons. The first kappa shape index (κ1) is 28.6. The molecule has 0 saturated carbocycles. The third-order valence-electron chi connectivity index (χ3n) is 1.58. The van der Waals surface area contributed by atoms with E-state index in [4.69, 9.17) is 15.3 Å². The van der Waals surface area contributed by atoms with Crippen LogP contribution in [0.3, 0.4) is 0 Å². The molecule has 0 aromatic rings. The van der Waals surface area contributed by atoms with Gasteiger partial charge >= 0.3 is 77.5 Å². The number of carboxylic acid groups (broad SMARTS) is 3. The molecule has 6 nitrogen and oxygen atoms in total.